The Labute approximate surface area is 112 Å². The molecule has 1 N–H and O–H groups in total. The van der Waals surface area contributed by atoms with Crippen LogP contribution in [0.3, 0.4) is 0 Å². The summed E-state index contributed by atoms with van der Waals surface area (Å²) in [4.78, 5) is 24.1. The van der Waals surface area contributed by atoms with E-state index in [0.29, 0.717) is 0 Å². The highest BCUT2D eigenvalue weighted by atomic mass is 32.2. The predicted octanol–water partition coefficient (Wildman–Crippen LogP) is 2.21. The second kappa shape index (κ2) is 4.93. The average molecular weight is 283 g/mol. The topological polar surface area (TPSA) is 66.8 Å². The third kappa shape index (κ3) is 2.41. The van der Waals surface area contributed by atoms with Crippen LogP contribution < -0.4 is 4.74 Å². The standard InChI is InChI=1S/C12H10FNO4S/c1-14-11(16)10(19-12(14)17)4-6-3-9(18-2)8(15)5-7(6)13/h3-5,15H,1-2H3/b10-4-. The van der Waals surface area contributed by atoms with Crippen LogP contribution in [0.4, 0.5) is 9.18 Å². The molecule has 0 bridgehead atoms. The fourth-order valence-corrected chi connectivity index (χ4v) is 2.34. The number of hydrogen-bond donors (Lipinski definition) is 1. The van der Waals surface area contributed by atoms with Gasteiger partial charge in [-0.1, -0.05) is 0 Å². The summed E-state index contributed by atoms with van der Waals surface area (Å²) >= 11 is 0.732. The van der Waals surface area contributed by atoms with Crippen molar-refractivity contribution >= 4 is 29.0 Å². The van der Waals surface area contributed by atoms with Crippen molar-refractivity contribution in [1.82, 2.24) is 4.90 Å². The van der Waals surface area contributed by atoms with Crippen LogP contribution in [-0.2, 0) is 4.79 Å². The van der Waals surface area contributed by atoms with E-state index in [2.05, 4.69) is 0 Å². The molecule has 0 unspecified atom stereocenters. The van der Waals surface area contributed by atoms with Gasteiger partial charge in [-0.3, -0.25) is 14.5 Å². The van der Waals surface area contributed by atoms with Crippen molar-refractivity contribution in [3.8, 4) is 11.5 Å². The molecule has 1 aliphatic rings. The van der Waals surface area contributed by atoms with E-state index in [0.717, 1.165) is 22.7 Å². The molecule has 0 spiro atoms. The number of carbonyl (C=O) groups is 2. The Hall–Kier alpha value is -2.02. The van der Waals surface area contributed by atoms with Crippen molar-refractivity contribution in [3.05, 3.63) is 28.4 Å². The zero-order chi connectivity index (χ0) is 14.2. The van der Waals surface area contributed by atoms with E-state index in [-0.39, 0.29) is 22.0 Å². The molecule has 0 saturated carbocycles. The number of imide groups is 1. The lowest BCUT2D eigenvalue weighted by molar-refractivity contribution is -0.121. The number of phenolic OH excluding ortho intramolecular Hbond substituents is 1. The Morgan fingerprint density at radius 2 is 2.11 bits per heavy atom. The molecule has 0 radical (unpaired) electrons. The van der Waals surface area contributed by atoms with Gasteiger partial charge in [0.05, 0.1) is 12.0 Å². The normalized spacial score (nSPS) is 17.4. The summed E-state index contributed by atoms with van der Waals surface area (Å²) in [6.07, 6.45) is 1.26. The Bertz CT molecular complexity index is 600. The van der Waals surface area contributed by atoms with E-state index < -0.39 is 17.0 Å². The number of ether oxygens (including phenoxy) is 1. The van der Waals surface area contributed by atoms with Crippen LogP contribution in [0.1, 0.15) is 5.56 Å². The lowest BCUT2D eigenvalue weighted by Crippen LogP contribution is -2.22. The Morgan fingerprint density at radius 1 is 1.42 bits per heavy atom. The van der Waals surface area contributed by atoms with Crippen LogP contribution in [0.25, 0.3) is 6.08 Å². The second-order valence-corrected chi connectivity index (χ2v) is 4.78. The zero-order valence-electron chi connectivity index (χ0n) is 10.1. The number of benzene rings is 1. The molecule has 0 aliphatic carbocycles. The summed E-state index contributed by atoms with van der Waals surface area (Å²) in [7, 11) is 2.68. The molecular weight excluding hydrogens is 273 g/mol. The Morgan fingerprint density at radius 3 is 2.63 bits per heavy atom. The SMILES string of the molecule is COc1cc(/C=C2\SC(=O)N(C)C2=O)c(F)cc1O. The number of methoxy groups -OCH3 is 1. The van der Waals surface area contributed by atoms with Crippen molar-refractivity contribution in [2.45, 2.75) is 0 Å². The van der Waals surface area contributed by atoms with E-state index in [4.69, 9.17) is 4.74 Å². The molecule has 1 fully saturated rings. The number of hydrogen-bond acceptors (Lipinski definition) is 5. The van der Waals surface area contributed by atoms with E-state index in [1.54, 1.807) is 0 Å². The summed E-state index contributed by atoms with van der Waals surface area (Å²) in [6.45, 7) is 0. The maximum absolute atomic E-state index is 13.7. The molecule has 5 nitrogen and oxygen atoms in total. The van der Waals surface area contributed by atoms with Gasteiger partial charge < -0.3 is 9.84 Å². The Kier molecular flexibility index (Phi) is 3.48. The minimum atomic E-state index is -0.707. The third-order valence-electron chi connectivity index (χ3n) is 2.57. The molecule has 0 atom stereocenters. The first-order valence-corrected chi connectivity index (χ1v) is 6.03. The number of rotatable bonds is 2. The van der Waals surface area contributed by atoms with E-state index in [9.17, 15) is 19.1 Å². The van der Waals surface area contributed by atoms with Crippen molar-refractivity contribution < 1.29 is 23.8 Å². The molecule has 2 amide bonds. The summed E-state index contributed by atoms with van der Waals surface area (Å²) in [6, 6.07) is 2.15. The molecule has 0 aromatic heterocycles. The van der Waals surface area contributed by atoms with Gasteiger partial charge in [0.2, 0.25) is 0 Å². The number of carbonyl (C=O) groups excluding carboxylic acids is 2. The molecule has 2 rings (SSSR count). The maximum Gasteiger partial charge on any atom is 0.293 e. The lowest BCUT2D eigenvalue weighted by Gasteiger charge is -2.06. The highest BCUT2D eigenvalue weighted by Crippen LogP contribution is 2.34. The number of phenols is 1. The van der Waals surface area contributed by atoms with Gasteiger partial charge in [-0.05, 0) is 23.9 Å². The monoisotopic (exact) mass is 283 g/mol. The van der Waals surface area contributed by atoms with Crippen molar-refractivity contribution in [2.24, 2.45) is 0 Å². The number of amides is 2. The van der Waals surface area contributed by atoms with Gasteiger partial charge in [0.15, 0.2) is 11.5 Å². The first-order valence-electron chi connectivity index (χ1n) is 5.22. The first-order chi connectivity index (χ1) is 8.93. The van der Waals surface area contributed by atoms with Crippen LogP contribution in [0.2, 0.25) is 0 Å². The smallest absolute Gasteiger partial charge is 0.293 e. The molecule has 1 saturated heterocycles. The van der Waals surface area contributed by atoms with Crippen LogP contribution in [-0.4, -0.2) is 35.3 Å². The lowest BCUT2D eigenvalue weighted by atomic mass is 10.1. The molecule has 19 heavy (non-hydrogen) atoms. The highest BCUT2D eigenvalue weighted by molar-refractivity contribution is 8.18. The second-order valence-electron chi connectivity index (χ2n) is 3.79. The molecular formula is C12H10FNO4S. The predicted molar refractivity (Wildman–Crippen MR) is 68.4 cm³/mol. The van der Waals surface area contributed by atoms with E-state index in [1.165, 1.54) is 26.3 Å². The van der Waals surface area contributed by atoms with Crippen molar-refractivity contribution in [1.29, 1.82) is 0 Å². The number of nitrogens with zero attached hydrogens (tertiary/aromatic N) is 1. The number of thioether (sulfide) groups is 1. The van der Waals surface area contributed by atoms with Crippen LogP contribution >= 0.6 is 11.8 Å². The average Bonchev–Trinajstić information content (AvgIpc) is 2.60. The van der Waals surface area contributed by atoms with E-state index in [1.807, 2.05) is 0 Å². The fraction of sp³-hybridized carbons (Fsp3) is 0.167. The van der Waals surface area contributed by atoms with Crippen LogP contribution in [0.5, 0.6) is 11.5 Å². The molecule has 1 heterocycles. The summed E-state index contributed by atoms with van der Waals surface area (Å²) in [5.74, 6) is -1.44. The quantitative estimate of drug-likeness (QED) is 0.843. The summed E-state index contributed by atoms with van der Waals surface area (Å²) in [5.41, 5.74) is 0.0635. The Balaban J connectivity index is 2.44. The summed E-state index contributed by atoms with van der Waals surface area (Å²) in [5, 5.41) is 8.98. The summed E-state index contributed by atoms with van der Waals surface area (Å²) < 4.78 is 18.5. The fourth-order valence-electron chi connectivity index (χ4n) is 1.52. The minimum absolute atomic E-state index is 0.0635. The van der Waals surface area contributed by atoms with Crippen molar-refractivity contribution in [2.75, 3.05) is 14.2 Å². The maximum atomic E-state index is 13.7. The first kappa shape index (κ1) is 13.4. The third-order valence-corrected chi connectivity index (χ3v) is 3.53. The number of likely N-dealkylation sites (N-methyl/N-ethyl adjacent to an activating group) is 1. The minimum Gasteiger partial charge on any atom is -0.504 e. The van der Waals surface area contributed by atoms with Gasteiger partial charge in [-0.2, -0.15) is 0 Å². The number of halogens is 1. The van der Waals surface area contributed by atoms with Crippen LogP contribution in [0, 0.1) is 5.82 Å². The number of aromatic hydroxyl groups is 1. The molecule has 100 valence electrons. The van der Waals surface area contributed by atoms with Gasteiger partial charge in [0, 0.05) is 18.7 Å². The highest BCUT2D eigenvalue weighted by Gasteiger charge is 2.32. The van der Waals surface area contributed by atoms with Crippen LogP contribution in [0.15, 0.2) is 17.0 Å². The van der Waals surface area contributed by atoms with Gasteiger partial charge in [0.1, 0.15) is 5.82 Å². The molecule has 1 aromatic rings. The molecule has 1 aliphatic heterocycles. The largest absolute Gasteiger partial charge is 0.504 e. The van der Waals surface area contributed by atoms with Gasteiger partial charge in [0.25, 0.3) is 11.1 Å². The molecule has 7 heteroatoms. The zero-order valence-corrected chi connectivity index (χ0v) is 11.0. The van der Waals surface area contributed by atoms with Gasteiger partial charge in [-0.25, -0.2) is 4.39 Å². The van der Waals surface area contributed by atoms with Crippen molar-refractivity contribution in [3.63, 3.8) is 0 Å². The van der Waals surface area contributed by atoms with E-state index >= 15 is 0 Å². The van der Waals surface area contributed by atoms with Gasteiger partial charge >= 0.3 is 0 Å². The molecule has 1 aromatic carbocycles. The van der Waals surface area contributed by atoms with Gasteiger partial charge in [-0.15, -0.1) is 0 Å².